The Hall–Kier alpha value is -1.44. The van der Waals surface area contributed by atoms with E-state index in [1.807, 2.05) is 13.8 Å². The minimum atomic E-state index is -3.55. The van der Waals surface area contributed by atoms with Crippen molar-refractivity contribution in [2.75, 3.05) is 24.6 Å². The number of hydrogen-bond acceptors (Lipinski definition) is 4. The lowest BCUT2D eigenvalue weighted by molar-refractivity contribution is -0.119. The number of benzene rings is 1. The van der Waals surface area contributed by atoms with E-state index in [0.717, 1.165) is 18.5 Å². The number of anilines is 1. The van der Waals surface area contributed by atoms with Crippen molar-refractivity contribution in [3.8, 4) is 0 Å². The second-order valence-corrected chi connectivity index (χ2v) is 7.58. The molecule has 0 bridgehead atoms. The molecule has 2 rings (SSSR count). The van der Waals surface area contributed by atoms with E-state index < -0.39 is 10.0 Å². The molecule has 1 fully saturated rings. The summed E-state index contributed by atoms with van der Waals surface area (Å²) in [6, 6.07) is 6.43. The number of nitrogens with zero attached hydrogens (tertiary/aromatic N) is 1. The van der Waals surface area contributed by atoms with Gasteiger partial charge in [0.2, 0.25) is 15.9 Å². The van der Waals surface area contributed by atoms with Gasteiger partial charge in [0.15, 0.2) is 0 Å². The van der Waals surface area contributed by atoms with Crippen molar-refractivity contribution in [2.45, 2.75) is 44.1 Å². The zero-order valence-corrected chi connectivity index (χ0v) is 14.4. The standard InChI is InChI=1S/C16H24N2O4S/c1-13(2)22-12-10-17-23(20,21)15-8-6-14(7-9-15)18-11-4-3-5-16(18)19/h6-9,13,17H,3-5,10-12H2,1-2H3. The third-order valence-electron chi connectivity index (χ3n) is 3.63. The van der Waals surface area contributed by atoms with Gasteiger partial charge in [-0.15, -0.1) is 0 Å². The number of amides is 1. The van der Waals surface area contributed by atoms with Gasteiger partial charge in [0, 0.05) is 25.2 Å². The Balaban J connectivity index is 1.99. The van der Waals surface area contributed by atoms with Gasteiger partial charge in [-0.3, -0.25) is 4.79 Å². The topological polar surface area (TPSA) is 75.7 Å². The van der Waals surface area contributed by atoms with Crippen LogP contribution in [0.2, 0.25) is 0 Å². The summed E-state index contributed by atoms with van der Waals surface area (Å²) < 4.78 is 32.2. The second-order valence-electron chi connectivity index (χ2n) is 5.81. The third-order valence-corrected chi connectivity index (χ3v) is 5.10. The van der Waals surface area contributed by atoms with Crippen LogP contribution in [-0.4, -0.2) is 40.1 Å². The Morgan fingerprint density at radius 1 is 1.22 bits per heavy atom. The predicted molar refractivity (Wildman–Crippen MR) is 88.9 cm³/mol. The highest BCUT2D eigenvalue weighted by Gasteiger charge is 2.20. The molecule has 0 saturated carbocycles. The van der Waals surface area contributed by atoms with Crippen LogP contribution in [0.1, 0.15) is 33.1 Å². The summed E-state index contributed by atoms with van der Waals surface area (Å²) in [7, 11) is -3.55. The largest absolute Gasteiger partial charge is 0.377 e. The zero-order valence-electron chi connectivity index (χ0n) is 13.6. The Labute approximate surface area is 137 Å². The van der Waals surface area contributed by atoms with Crippen LogP contribution in [-0.2, 0) is 19.6 Å². The first-order chi connectivity index (χ1) is 10.9. The number of carbonyl (C=O) groups excluding carboxylic acids is 1. The molecule has 0 unspecified atom stereocenters. The molecular weight excluding hydrogens is 316 g/mol. The molecule has 0 atom stereocenters. The molecule has 1 aromatic carbocycles. The van der Waals surface area contributed by atoms with E-state index in [4.69, 9.17) is 4.74 Å². The van der Waals surface area contributed by atoms with E-state index in [1.165, 1.54) is 12.1 Å². The van der Waals surface area contributed by atoms with E-state index in [1.54, 1.807) is 17.0 Å². The SMILES string of the molecule is CC(C)OCCNS(=O)(=O)c1ccc(N2CCCCC2=O)cc1. The van der Waals surface area contributed by atoms with Crippen LogP contribution in [0.4, 0.5) is 5.69 Å². The Morgan fingerprint density at radius 2 is 1.91 bits per heavy atom. The Kier molecular flexibility index (Phi) is 6.15. The van der Waals surface area contributed by atoms with Crippen molar-refractivity contribution in [2.24, 2.45) is 0 Å². The summed E-state index contributed by atoms with van der Waals surface area (Å²) in [6.07, 6.45) is 2.52. The van der Waals surface area contributed by atoms with Crippen molar-refractivity contribution >= 4 is 21.6 Å². The number of rotatable bonds is 7. The maximum atomic E-state index is 12.2. The Morgan fingerprint density at radius 3 is 2.52 bits per heavy atom. The Bertz CT molecular complexity index is 626. The highest BCUT2D eigenvalue weighted by molar-refractivity contribution is 7.89. The van der Waals surface area contributed by atoms with E-state index in [9.17, 15) is 13.2 Å². The predicted octanol–water partition coefficient (Wildman–Crippen LogP) is 1.91. The molecule has 6 nitrogen and oxygen atoms in total. The maximum absolute atomic E-state index is 12.2. The molecule has 1 aliphatic rings. The van der Waals surface area contributed by atoms with E-state index in [2.05, 4.69) is 4.72 Å². The van der Waals surface area contributed by atoms with Crippen LogP contribution < -0.4 is 9.62 Å². The van der Waals surface area contributed by atoms with Gasteiger partial charge < -0.3 is 9.64 Å². The van der Waals surface area contributed by atoms with E-state index in [-0.39, 0.29) is 23.5 Å². The van der Waals surface area contributed by atoms with Crippen molar-refractivity contribution < 1.29 is 17.9 Å². The van der Waals surface area contributed by atoms with Crippen LogP contribution >= 0.6 is 0 Å². The quantitative estimate of drug-likeness (QED) is 0.769. The normalized spacial score (nSPS) is 16.1. The smallest absolute Gasteiger partial charge is 0.240 e. The first kappa shape index (κ1) is 17.9. The summed E-state index contributed by atoms with van der Waals surface area (Å²) in [4.78, 5) is 13.8. The molecule has 1 saturated heterocycles. The van der Waals surface area contributed by atoms with Crippen LogP contribution in [0.3, 0.4) is 0 Å². The maximum Gasteiger partial charge on any atom is 0.240 e. The van der Waals surface area contributed by atoms with Crippen molar-refractivity contribution in [3.05, 3.63) is 24.3 Å². The molecule has 1 aliphatic heterocycles. The minimum Gasteiger partial charge on any atom is -0.377 e. The molecule has 0 radical (unpaired) electrons. The van der Waals surface area contributed by atoms with Crippen LogP contribution in [0.5, 0.6) is 0 Å². The van der Waals surface area contributed by atoms with Gasteiger partial charge in [0.1, 0.15) is 0 Å². The average Bonchev–Trinajstić information content (AvgIpc) is 2.52. The number of piperidine rings is 1. The summed E-state index contributed by atoms with van der Waals surface area (Å²) in [6.45, 7) is 5.05. The monoisotopic (exact) mass is 340 g/mol. The van der Waals surface area contributed by atoms with Crippen molar-refractivity contribution in [1.82, 2.24) is 4.72 Å². The van der Waals surface area contributed by atoms with E-state index >= 15 is 0 Å². The molecule has 0 aliphatic carbocycles. The molecule has 1 N–H and O–H groups in total. The highest BCUT2D eigenvalue weighted by Crippen LogP contribution is 2.22. The van der Waals surface area contributed by atoms with Gasteiger partial charge in [-0.05, 0) is 51.0 Å². The molecule has 0 spiro atoms. The molecule has 23 heavy (non-hydrogen) atoms. The number of carbonyl (C=O) groups is 1. The summed E-state index contributed by atoms with van der Waals surface area (Å²) >= 11 is 0. The molecule has 1 amide bonds. The fourth-order valence-corrected chi connectivity index (χ4v) is 3.45. The van der Waals surface area contributed by atoms with Crippen LogP contribution in [0.25, 0.3) is 0 Å². The van der Waals surface area contributed by atoms with Crippen molar-refractivity contribution in [1.29, 1.82) is 0 Å². The lowest BCUT2D eigenvalue weighted by Gasteiger charge is -2.26. The summed E-state index contributed by atoms with van der Waals surface area (Å²) in [5.41, 5.74) is 0.747. The average molecular weight is 340 g/mol. The number of nitrogens with one attached hydrogen (secondary N) is 1. The number of ether oxygens (including phenoxy) is 1. The van der Waals surface area contributed by atoms with E-state index in [0.29, 0.717) is 19.6 Å². The number of hydrogen-bond donors (Lipinski definition) is 1. The molecule has 128 valence electrons. The van der Waals surface area contributed by atoms with Crippen LogP contribution in [0, 0.1) is 0 Å². The molecule has 1 aromatic rings. The lowest BCUT2D eigenvalue weighted by atomic mass is 10.1. The fraction of sp³-hybridized carbons (Fsp3) is 0.562. The lowest BCUT2D eigenvalue weighted by Crippen LogP contribution is -2.35. The van der Waals surface area contributed by atoms with Gasteiger partial charge in [-0.2, -0.15) is 0 Å². The highest BCUT2D eigenvalue weighted by atomic mass is 32.2. The number of sulfonamides is 1. The second kappa shape index (κ2) is 7.90. The van der Waals surface area contributed by atoms with Gasteiger partial charge in [-0.1, -0.05) is 0 Å². The van der Waals surface area contributed by atoms with Gasteiger partial charge >= 0.3 is 0 Å². The fourth-order valence-electron chi connectivity index (χ4n) is 2.44. The third kappa shape index (κ3) is 5.02. The van der Waals surface area contributed by atoms with Crippen molar-refractivity contribution in [3.63, 3.8) is 0 Å². The first-order valence-electron chi connectivity index (χ1n) is 7.92. The van der Waals surface area contributed by atoms with Gasteiger partial charge in [0.25, 0.3) is 0 Å². The zero-order chi connectivity index (χ0) is 16.9. The first-order valence-corrected chi connectivity index (χ1v) is 9.40. The minimum absolute atomic E-state index is 0.0702. The summed E-state index contributed by atoms with van der Waals surface area (Å²) in [5.74, 6) is 0.0933. The van der Waals surface area contributed by atoms with Gasteiger partial charge in [-0.25, -0.2) is 13.1 Å². The summed E-state index contributed by atoms with van der Waals surface area (Å²) in [5, 5.41) is 0. The molecule has 0 aromatic heterocycles. The molecule has 7 heteroatoms. The van der Waals surface area contributed by atoms with Gasteiger partial charge in [0.05, 0.1) is 17.6 Å². The van der Waals surface area contributed by atoms with Crippen LogP contribution in [0.15, 0.2) is 29.2 Å². The molecule has 1 heterocycles. The molecular formula is C16H24N2O4S.